The van der Waals surface area contributed by atoms with Gasteiger partial charge in [0.25, 0.3) is 0 Å². The Balaban J connectivity index is 2.60. The normalized spacial score (nSPS) is 12.4. The average Bonchev–Trinajstić information content (AvgIpc) is 2.20. The predicted molar refractivity (Wildman–Crippen MR) is 58.9 cm³/mol. The van der Waals surface area contributed by atoms with Crippen molar-refractivity contribution in [2.24, 2.45) is 5.92 Å². The average molecular weight is 187 g/mol. The van der Waals surface area contributed by atoms with Crippen molar-refractivity contribution in [3.05, 3.63) is 35.9 Å². The third-order valence-electron chi connectivity index (χ3n) is 2.39. The van der Waals surface area contributed by atoms with Crippen molar-refractivity contribution in [3.63, 3.8) is 0 Å². The van der Waals surface area contributed by atoms with Gasteiger partial charge in [-0.05, 0) is 24.3 Å². The second-order valence-electron chi connectivity index (χ2n) is 4.06. The molecule has 0 bridgehead atoms. The fourth-order valence-electron chi connectivity index (χ4n) is 1.49. The number of benzene rings is 1. The van der Waals surface area contributed by atoms with Crippen molar-refractivity contribution < 1.29 is 0 Å². The van der Waals surface area contributed by atoms with Crippen molar-refractivity contribution in [1.29, 1.82) is 5.26 Å². The Bertz CT molecular complexity index is 295. The van der Waals surface area contributed by atoms with Crippen molar-refractivity contribution in [2.75, 3.05) is 0 Å². The molecule has 0 aliphatic carbocycles. The van der Waals surface area contributed by atoms with Crippen LogP contribution in [0.5, 0.6) is 0 Å². The first-order valence-electron chi connectivity index (χ1n) is 5.18. The van der Waals surface area contributed by atoms with Crippen molar-refractivity contribution in [3.8, 4) is 6.07 Å². The van der Waals surface area contributed by atoms with Gasteiger partial charge in [0.15, 0.2) is 0 Å². The third-order valence-corrected chi connectivity index (χ3v) is 2.39. The molecular weight excluding hydrogens is 170 g/mol. The van der Waals surface area contributed by atoms with Crippen LogP contribution in [0, 0.1) is 17.2 Å². The fourth-order valence-corrected chi connectivity index (χ4v) is 1.49. The zero-order valence-electron chi connectivity index (χ0n) is 8.90. The molecule has 0 aliphatic rings. The number of nitriles is 1. The Labute approximate surface area is 86.4 Å². The molecule has 0 fully saturated rings. The molecule has 0 heterocycles. The van der Waals surface area contributed by atoms with Crippen LogP contribution in [-0.4, -0.2) is 0 Å². The highest BCUT2D eigenvalue weighted by Crippen LogP contribution is 2.22. The van der Waals surface area contributed by atoms with E-state index in [-0.39, 0.29) is 5.92 Å². The van der Waals surface area contributed by atoms with Gasteiger partial charge in [-0.2, -0.15) is 5.26 Å². The molecule has 0 aromatic heterocycles. The molecule has 0 saturated heterocycles. The SMILES string of the molecule is CC(C)CCC(C#N)c1ccccc1. The smallest absolute Gasteiger partial charge is 0.0712 e. The second kappa shape index (κ2) is 5.44. The van der Waals surface area contributed by atoms with E-state index in [1.165, 1.54) is 0 Å². The van der Waals surface area contributed by atoms with Gasteiger partial charge in [-0.15, -0.1) is 0 Å². The minimum atomic E-state index is 0.0681. The lowest BCUT2D eigenvalue weighted by Crippen LogP contribution is -1.98. The largest absolute Gasteiger partial charge is 0.198 e. The summed E-state index contributed by atoms with van der Waals surface area (Å²) in [6, 6.07) is 12.4. The topological polar surface area (TPSA) is 23.8 Å². The Morgan fingerprint density at radius 3 is 2.29 bits per heavy atom. The summed E-state index contributed by atoms with van der Waals surface area (Å²) in [6.07, 6.45) is 2.09. The highest BCUT2D eigenvalue weighted by atomic mass is 14.3. The van der Waals surface area contributed by atoms with E-state index >= 15 is 0 Å². The fraction of sp³-hybridized carbons (Fsp3) is 0.462. The van der Waals surface area contributed by atoms with Crippen LogP contribution in [-0.2, 0) is 0 Å². The summed E-state index contributed by atoms with van der Waals surface area (Å²) in [4.78, 5) is 0. The summed E-state index contributed by atoms with van der Waals surface area (Å²) in [5.74, 6) is 0.744. The lowest BCUT2D eigenvalue weighted by atomic mass is 9.93. The Hall–Kier alpha value is -1.29. The van der Waals surface area contributed by atoms with Gasteiger partial charge in [0.1, 0.15) is 0 Å². The van der Waals surface area contributed by atoms with Gasteiger partial charge >= 0.3 is 0 Å². The Morgan fingerprint density at radius 2 is 1.79 bits per heavy atom. The summed E-state index contributed by atoms with van der Waals surface area (Å²) in [5, 5.41) is 9.04. The maximum atomic E-state index is 9.04. The molecule has 1 heteroatoms. The summed E-state index contributed by atoms with van der Waals surface area (Å²) in [7, 11) is 0. The first-order chi connectivity index (χ1) is 6.74. The van der Waals surface area contributed by atoms with Crippen LogP contribution >= 0.6 is 0 Å². The highest BCUT2D eigenvalue weighted by Gasteiger charge is 2.10. The lowest BCUT2D eigenvalue weighted by Gasteiger charge is -2.10. The van der Waals surface area contributed by atoms with Crippen LogP contribution in [0.2, 0.25) is 0 Å². The molecule has 1 rings (SSSR count). The van der Waals surface area contributed by atoms with E-state index < -0.39 is 0 Å². The molecular formula is C13H17N. The molecule has 1 atom stereocenters. The van der Waals surface area contributed by atoms with Gasteiger partial charge < -0.3 is 0 Å². The van der Waals surface area contributed by atoms with E-state index in [2.05, 4.69) is 19.9 Å². The van der Waals surface area contributed by atoms with Gasteiger partial charge in [0, 0.05) is 0 Å². The molecule has 0 N–H and O–H groups in total. The maximum Gasteiger partial charge on any atom is 0.0712 e. The van der Waals surface area contributed by atoms with Gasteiger partial charge in [0.2, 0.25) is 0 Å². The standard InChI is InChI=1S/C13H17N/c1-11(2)8-9-13(10-14)12-6-4-3-5-7-12/h3-7,11,13H,8-9H2,1-2H3. The second-order valence-corrected chi connectivity index (χ2v) is 4.06. The van der Waals surface area contributed by atoms with Crippen LogP contribution in [0.3, 0.4) is 0 Å². The molecule has 0 saturated carbocycles. The predicted octanol–water partition coefficient (Wildman–Crippen LogP) is 3.73. The molecule has 1 unspecified atom stereocenters. The van der Waals surface area contributed by atoms with Gasteiger partial charge in [-0.1, -0.05) is 44.2 Å². The van der Waals surface area contributed by atoms with Gasteiger partial charge in [-0.25, -0.2) is 0 Å². The van der Waals surface area contributed by atoms with Crippen molar-refractivity contribution in [1.82, 2.24) is 0 Å². The van der Waals surface area contributed by atoms with Crippen LogP contribution in [0.1, 0.15) is 38.2 Å². The minimum absolute atomic E-state index is 0.0681. The van der Waals surface area contributed by atoms with Crippen molar-refractivity contribution in [2.45, 2.75) is 32.6 Å². The minimum Gasteiger partial charge on any atom is -0.198 e. The monoisotopic (exact) mass is 187 g/mol. The number of hydrogen-bond donors (Lipinski definition) is 0. The van der Waals surface area contributed by atoms with Crippen LogP contribution in [0.25, 0.3) is 0 Å². The third kappa shape index (κ3) is 3.22. The van der Waals surface area contributed by atoms with Crippen molar-refractivity contribution >= 4 is 0 Å². The summed E-state index contributed by atoms with van der Waals surface area (Å²) in [6.45, 7) is 4.39. The van der Waals surface area contributed by atoms with Gasteiger partial charge in [-0.3, -0.25) is 0 Å². The van der Waals surface area contributed by atoms with E-state index in [9.17, 15) is 0 Å². The summed E-state index contributed by atoms with van der Waals surface area (Å²) < 4.78 is 0. The van der Waals surface area contributed by atoms with E-state index in [1.54, 1.807) is 0 Å². The lowest BCUT2D eigenvalue weighted by molar-refractivity contribution is 0.537. The summed E-state index contributed by atoms with van der Waals surface area (Å²) in [5.41, 5.74) is 1.15. The van der Waals surface area contributed by atoms with E-state index in [1.807, 2.05) is 30.3 Å². The summed E-state index contributed by atoms with van der Waals surface area (Å²) >= 11 is 0. The molecule has 0 spiro atoms. The number of hydrogen-bond acceptors (Lipinski definition) is 1. The van der Waals surface area contributed by atoms with E-state index in [0.717, 1.165) is 18.4 Å². The van der Waals surface area contributed by atoms with Crippen LogP contribution in [0.4, 0.5) is 0 Å². The first-order valence-corrected chi connectivity index (χ1v) is 5.18. The first kappa shape index (κ1) is 10.8. The molecule has 0 radical (unpaired) electrons. The maximum absolute atomic E-state index is 9.04. The van der Waals surface area contributed by atoms with Crippen LogP contribution < -0.4 is 0 Å². The molecule has 1 aromatic rings. The zero-order valence-corrected chi connectivity index (χ0v) is 8.90. The van der Waals surface area contributed by atoms with Crippen LogP contribution in [0.15, 0.2) is 30.3 Å². The van der Waals surface area contributed by atoms with Gasteiger partial charge in [0.05, 0.1) is 12.0 Å². The Kier molecular flexibility index (Phi) is 4.19. The highest BCUT2D eigenvalue weighted by molar-refractivity contribution is 5.24. The molecule has 0 amide bonds. The molecule has 1 aromatic carbocycles. The zero-order chi connectivity index (χ0) is 10.4. The Morgan fingerprint density at radius 1 is 1.14 bits per heavy atom. The molecule has 0 aliphatic heterocycles. The van der Waals surface area contributed by atoms with E-state index in [4.69, 9.17) is 5.26 Å². The quantitative estimate of drug-likeness (QED) is 0.704. The number of rotatable bonds is 4. The number of nitrogens with zero attached hydrogens (tertiary/aromatic N) is 1. The van der Waals surface area contributed by atoms with E-state index in [0.29, 0.717) is 5.92 Å². The molecule has 14 heavy (non-hydrogen) atoms. The molecule has 74 valence electrons. The molecule has 1 nitrogen and oxygen atoms in total.